The lowest BCUT2D eigenvalue weighted by Crippen LogP contribution is -3.00. The van der Waals surface area contributed by atoms with Crippen LogP contribution in [0.2, 0.25) is 0 Å². The molecule has 0 aromatic heterocycles. The Morgan fingerprint density at radius 1 is 0.929 bits per heavy atom. The van der Waals surface area contributed by atoms with Gasteiger partial charge in [0, 0.05) is 6.42 Å². The van der Waals surface area contributed by atoms with E-state index in [-0.39, 0.29) is 30.2 Å². The summed E-state index contributed by atoms with van der Waals surface area (Å²) in [6.45, 7) is 4.82. The van der Waals surface area contributed by atoms with Gasteiger partial charge in [0.05, 0.1) is 13.2 Å². The molecule has 8 heteroatoms. The fourth-order valence-electron chi connectivity index (χ4n) is 2.89. The molecule has 0 radical (unpaired) electrons. The van der Waals surface area contributed by atoms with Gasteiger partial charge in [-0.2, -0.15) is 0 Å². The average Bonchev–Trinajstić information content (AvgIpc) is 2.62. The Bertz CT molecular complexity index is 430. The predicted octanol–water partition coefficient (Wildman–Crippen LogP) is -1.91. The highest BCUT2D eigenvalue weighted by molar-refractivity contribution is 5.84. The van der Waals surface area contributed by atoms with Crippen molar-refractivity contribution < 1.29 is 31.7 Å². The average molecular weight is 421 g/mol. The highest BCUT2D eigenvalue weighted by atomic mass is 35.5. The van der Waals surface area contributed by atoms with Crippen molar-refractivity contribution in [3.63, 3.8) is 0 Å². The van der Waals surface area contributed by atoms with Crippen LogP contribution < -0.4 is 34.2 Å². The minimum Gasteiger partial charge on any atom is -1.00 e. The number of carbonyl (C=O) groups is 2. The van der Waals surface area contributed by atoms with Crippen molar-refractivity contribution in [2.24, 2.45) is 11.5 Å². The first-order valence-corrected chi connectivity index (χ1v) is 10.6. The maximum Gasteiger partial charge on any atom is 0.338 e. The number of nitrogens with two attached hydrogens (primary N) is 2. The first kappa shape index (κ1) is 28.7. The third-order valence-corrected chi connectivity index (χ3v) is 4.41. The van der Waals surface area contributed by atoms with Gasteiger partial charge in [-0.25, -0.2) is 4.79 Å². The van der Waals surface area contributed by atoms with Crippen molar-refractivity contribution in [1.29, 1.82) is 0 Å². The highest BCUT2D eigenvalue weighted by Crippen LogP contribution is 2.10. The molecule has 0 aliphatic heterocycles. The molecule has 1 atom stereocenters. The van der Waals surface area contributed by atoms with Gasteiger partial charge in [-0.1, -0.05) is 58.3 Å². The molecule has 1 amide bonds. The van der Waals surface area contributed by atoms with Gasteiger partial charge in [-0.3, -0.25) is 21.3 Å². The number of rotatable bonds is 17. The summed E-state index contributed by atoms with van der Waals surface area (Å²) < 4.78 is 5.05. The molecule has 0 aliphatic carbocycles. The number of guanidine groups is 1. The molecule has 0 saturated carbocycles. The first-order valence-electron chi connectivity index (χ1n) is 10.6. The molecule has 0 heterocycles. The smallest absolute Gasteiger partial charge is 0.338 e. The molecule has 0 saturated heterocycles. The minimum absolute atomic E-state index is 0. The summed E-state index contributed by atoms with van der Waals surface area (Å²) in [6, 6.07) is -0.614. The molecule has 6 N–H and O–H groups in total. The zero-order valence-corrected chi connectivity index (χ0v) is 18.5. The van der Waals surface area contributed by atoms with Crippen molar-refractivity contribution >= 4 is 17.8 Å². The van der Waals surface area contributed by atoms with E-state index < -0.39 is 6.04 Å². The van der Waals surface area contributed by atoms with Crippen molar-refractivity contribution in [2.45, 2.75) is 96.9 Å². The Morgan fingerprint density at radius 2 is 1.50 bits per heavy atom. The number of nitrogens with one attached hydrogen (secondary N) is 2. The number of hydrogen-bond donors (Lipinski definition) is 4. The van der Waals surface area contributed by atoms with E-state index in [0.29, 0.717) is 32.4 Å². The van der Waals surface area contributed by atoms with E-state index in [9.17, 15) is 9.59 Å². The number of unbranched alkanes of at least 4 members (excludes halogenated alkanes) is 8. The van der Waals surface area contributed by atoms with Crippen molar-refractivity contribution in [2.75, 3.05) is 13.2 Å². The quantitative estimate of drug-likeness (QED) is 0.0946. The standard InChI is InChI=1S/C20H40N4O3.ClH/c1-3-5-6-7-8-9-10-11-12-15-18(25)24-17(19(26)27-4-2)14-13-16-23-20(21)22;/h17H,3-16H2,1-2H3,(H,24,25)(H4,21,22,23);1H. The summed E-state index contributed by atoms with van der Waals surface area (Å²) in [5.41, 5.74) is 10.7. The van der Waals surface area contributed by atoms with E-state index >= 15 is 0 Å². The lowest BCUT2D eigenvalue weighted by Gasteiger charge is -2.16. The molecule has 166 valence electrons. The normalized spacial score (nSPS) is 11.2. The van der Waals surface area contributed by atoms with Crippen LogP contribution in [-0.4, -0.2) is 37.0 Å². The van der Waals surface area contributed by atoms with Crippen LogP contribution in [-0.2, 0) is 14.3 Å². The Balaban J connectivity index is 0. The number of esters is 1. The first-order chi connectivity index (χ1) is 13.0. The van der Waals surface area contributed by atoms with Crippen LogP contribution in [0.3, 0.4) is 0 Å². The van der Waals surface area contributed by atoms with Crippen molar-refractivity contribution in [3.8, 4) is 0 Å². The predicted molar refractivity (Wildman–Crippen MR) is 109 cm³/mol. The lowest BCUT2D eigenvalue weighted by molar-refractivity contribution is -0.459. The molecule has 28 heavy (non-hydrogen) atoms. The lowest BCUT2D eigenvalue weighted by atomic mass is 10.1. The monoisotopic (exact) mass is 420 g/mol. The summed E-state index contributed by atoms with van der Waals surface area (Å²) >= 11 is 0. The second-order valence-corrected chi connectivity index (χ2v) is 6.97. The van der Waals surface area contributed by atoms with Crippen LogP contribution in [0.5, 0.6) is 0 Å². The summed E-state index contributed by atoms with van der Waals surface area (Å²) in [6.07, 6.45) is 12.5. The zero-order valence-electron chi connectivity index (χ0n) is 17.7. The molecule has 0 aliphatic rings. The van der Waals surface area contributed by atoms with E-state index in [1.54, 1.807) is 6.92 Å². The van der Waals surface area contributed by atoms with Crippen LogP contribution in [0.1, 0.15) is 90.9 Å². The second kappa shape index (κ2) is 20.2. The molecule has 0 rings (SSSR count). The SMILES string of the molecule is CCCCCCCCCCCC(=O)NC(CCC[NH+]=C(N)N)C(=O)OCC.[Cl-]. The van der Waals surface area contributed by atoms with E-state index in [1.165, 1.54) is 44.9 Å². The number of hydrogen-bond acceptors (Lipinski definition) is 3. The van der Waals surface area contributed by atoms with Crippen molar-refractivity contribution in [1.82, 2.24) is 5.32 Å². The molecule has 1 unspecified atom stereocenters. The zero-order chi connectivity index (χ0) is 20.3. The van der Waals surface area contributed by atoms with Gasteiger partial charge >= 0.3 is 11.9 Å². The number of ether oxygens (including phenoxy) is 1. The molecule has 0 aromatic rings. The molecule has 7 nitrogen and oxygen atoms in total. The van der Waals surface area contributed by atoms with E-state index in [0.717, 1.165) is 12.8 Å². The number of carbonyl (C=O) groups excluding carboxylic acids is 2. The van der Waals surface area contributed by atoms with Crippen LogP contribution >= 0.6 is 0 Å². The van der Waals surface area contributed by atoms with Crippen LogP contribution in [0.15, 0.2) is 0 Å². The van der Waals surface area contributed by atoms with Crippen LogP contribution in [0.4, 0.5) is 0 Å². The molecule has 0 bridgehead atoms. The topological polar surface area (TPSA) is 121 Å². The van der Waals surface area contributed by atoms with Gasteiger partial charge < -0.3 is 22.5 Å². The summed E-state index contributed by atoms with van der Waals surface area (Å²) in [7, 11) is 0. The fraction of sp³-hybridized carbons (Fsp3) is 0.850. The van der Waals surface area contributed by atoms with Gasteiger partial charge in [0.1, 0.15) is 6.04 Å². The minimum atomic E-state index is -0.614. The molecular weight excluding hydrogens is 380 g/mol. The van der Waals surface area contributed by atoms with E-state index in [4.69, 9.17) is 16.2 Å². The molecule has 0 fully saturated rings. The Hall–Kier alpha value is -1.50. The van der Waals surface area contributed by atoms with Gasteiger partial charge in [0.15, 0.2) is 0 Å². The molecular formula is C20H41ClN4O3. The number of amides is 1. The van der Waals surface area contributed by atoms with Crippen LogP contribution in [0.25, 0.3) is 0 Å². The van der Waals surface area contributed by atoms with Crippen molar-refractivity contribution in [3.05, 3.63) is 0 Å². The Kier molecular flexibility index (Phi) is 20.8. The fourth-order valence-corrected chi connectivity index (χ4v) is 2.89. The second-order valence-electron chi connectivity index (χ2n) is 6.97. The van der Waals surface area contributed by atoms with E-state index in [2.05, 4.69) is 17.2 Å². The largest absolute Gasteiger partial charge is 1.00 e. The highest BCUT2D eigenvalue weighted by Gasteiger charge is 2.21. The maximum atomic E-state index is 12.1. The number of halogens is 1. The summed E-state index contributed by atoms with van der Waals surface area (Å²) in [5, 5.41) is 2.80. The summed E-state index contributed by atoms with van der Waals surface area (Å²) in [4.78, 5) is 27.0. The van der Waals surface area contributed by atoms with Gasteiger partial charge in [-0.15, -0.1) is 0 Å². The summed E-state index contributed by atoms with van der Waals surface area (Å²) in [5.74, 6) is -0.325. The third kappa shape index (κ3) is 17.9. The Labute approximate surface area is 176 Å². The van der Waals surface area contributed by atoms with Crippen LogP contribution in [0, 0.1) is 0 Å². The molecule has 0 spiro atoms. The molecule has 0 aromatic carbocycles. The van der Waals surface area contributed by atoms with Gasteiger partial charge in [0.2, 0.25) is 5.91 Å². The third-order valence-electron chi connectivity index (χ3n) is 4.41. The Morgan fingerprint density at radius 3 is 2.04 bits per heavy atom. The van der Waals surface area contributed by atoms with Gasteiger partial charge in [-0.05, 0) is 26.2 Å². The van der Waals surface area contributed by atoms with Gasteiger partial charge in [0.25, 0.3) is 0 Å². The maximum absolute atomic E-state index is 12.1. The van der Waals surface area contributed by atoms with E-state index in [1.807, 2.05) is 0 Å².